The number of nitrogens with one attached hydrogen (secondary N) is 1. The first-order valence-electron chi connectivity index (χ1n) is 5.64. The molecule has 1 unspecified atom stereocenters. The fourth-order valence-corrected chi connectivity index (χ4v) is 1.90. The molecule has 1 aromatic rings. The van der Waals surface area contributed by atoms with Crippen LogP contribution in [0.1, 0.15) is 29.6 Å². The molecule has 0 bridgehead atoms. The number of carbonyl (C=O) groups is 1. The molecule has 1 aliphatic rings. The van der Waals surface area contributed by atoms with E-state index in [2.05, 4.69) is 11.4 Å². The summed E-state index contributed by atoms with van der Waals surface area (Å²) in [5, 5.41) is 21.6. The number of allylic oxidation sites excluding steroid dienone is 1. The molecule has 0 saturated heterocycles. The molecule has 17 heavy (non-hydrogen) atoms. The number of rotatable bonds is 2. The highest BCUT2D eigenvalue weighted by Gasteiger charge is 2.16. The molecule has 4 heteroatoms. The molecule has 1 amide bonds. The number of carbonyl (C=O) groups excluding carboxylic acids is 1. The first kappa shape index (κ1) is 11.5. The summed E-state index contributed by atoms with van der Waals surface area (Å²) in [6, 6.07) is 4.09. The minimum Gasteiger partial charge on any atom is -0.508 e. The lowest BCUT2D eigenvalue weighted by molar-refractivity contribution is 0.0932. The van der Waals surface area contributed by atoms with Crippen molar-refractivity contribution in [1.29, 1.82) is 0 Å². The summed E-state index contributed by atoms with van der Waals surface area (Å²) in [5.41, 5.74) is 0.192. The Kier molecular flexibility index (Phi) is 3.32. The van der Waals surface area contributed by atoms with Gasteiger partial charge in [0.25, 0.3) is 5.91 Å². The third-order valence-corrected chi connectivity index (χ3v) is 2.83. The second kappa shape index (κ2) is 4.91. The van der Waals surface area contributed by atoms with E-state index in [1.807, 2.05) is 6.08 Å². The fraction of sp³-hybridized carbons (Fsp3) is 0.308. The van der Waals surface area contributed by atoms with E-state index in [9.17, 15) is 9.90 Å². The van der Waals surface area contributed by atoms with Crippen molar-refractivity contribution in [3.05, 3.63) is 35.9 Å². The van der Waals surface area contributed by atoms with E-state index in [1.165, 1.54) is 12.1 Å². The van der Waals surface area contributed by atoms with Gasteiger partial charge in [0.1, 0.15) is 11.5 Å². The van der Waals surface area contributed by atoms with Crippen molar-refractivity contribution in [3.8, 4) is 11.5 Å². The largest absolute Gasteiger partial charge is 0.508 e. The molecule has 1 atom stereocenters. The predicted molar refractivity (Wildman–Crippen MR) is 64.0 cm³/mol. The highest BCUT2D eigenvalue weighted by atomic mass is 16.3. The number of aromatic hydroxyl groups is 2. The maximum Gasteiger partial charge on any atom is 0.255 e. The molecule has 0 saturated carbocycles. The zero-order chi connectivity index (χ0) is 12.3. The second-order valence-electron chi connectivity index (χ2n) is 4.16. The number of hydrogen-bond donors (Lipinski definition) is 3. The molecular weight excluding hydrogens is 218 g/mol. The molecule has 90 valence electrons. The van der Waals surface area contributed by atoms with Gasteiger partial charge >= 0.3 is 0 Å². The Balaban J connectivity index is 2.06. The summed E-state index contributed by atoms with van der Waals surface area (Å²) in [7, 11) is 0. The number of phenolic OH excluding ortho intramolecular Hbond substituents is 2. The van der Waals surface area contributed by atoms with Gasteiger partial charge in [0, 0.05) is 12.1 Å². The Morgan fingerprint density at radius 1 is 1.29 bits per heavy atom. The summed E-state index contributed by atoms with van der Waals surface area (Å²) in [6.45, 7) is 0. The summed E-state index contributed by atoms with van der Waals surface area (Å²) in [6.07, 6.45) is 6.85. The van der Waals surface area contributed by atoms with Crippen LogP contribution in [0.25, 0.3) is 0 Å². The van der Waals surface area contributed by atoms with Crippen molar-refractivity contribution in [2.75, 3.05) is 0 Å². The molecular formula is C13H15NO3. The van der Waals surface area contributed by atoms with Crippen LogP contribution in [0.4, 0.5) is 0 Å². The van der Waals surface area contributed by atoms with Gasteiger partial charge in [-0.3, -0.25) is 4.79 Å². The van der Waals surface area contributed by atoms with Crippen molar-refractivity contribution < 1.29 is 15.0 Å². The Labute approximate surface area is 99.6 Å². The van der Waals surface area contributed by atoms with Crippen molar-refractivity contribution in [2.45, 2.75) is 25.3 Å². The van der Waals surface area contributed by atoms with E-state index in [-0.39, 0.29) is 29.0 Å². The average molecular weight is 233 g/mol. The van der Waals surface area contributed by atoms with E-state index in [0.29, 0.717) is 0 Å². The van der Waals surface area contributed by atoms with Crippen molar-refractivity contribution in [3.63, 3.8) is 0 Å². The third-order valence-electron chi connectivity index (χ3n) is 2.83. The molecule has 0 heterocycles. The highest BCUT2D eigenvalue weighted by molar-refractivity contribution is 5.97. The summed E-state index contributed by atoms with van der Waals surface area (Å²) in [5.74, 6) is -0.559. The maximum absolute atomic E-state index is 11.9. The molecule has 0 spiro atoms. The van der Waals surface area contributed by atoms with Crippen molar-refractivity contribution in [2.24, 2.45) is 0 Å². The zero-order valence-corrected chi connectivity index (χ0v) is 9.39. The smallest absolute Gasteiger partial charge is 0.255 e. The number of phenols is 2. The molecule has 0 fully saturated rings. The van der Waals surface area contributed by atoms with Crippen LogP contribution >= 0.6 is 0 Å². The Morgan fingerprint density at radius 2 is 2.12 bits per heavy atom. The van der Waals surface area contributed by atoms with Crippen molar-refractivity contribution in [1.82, 2.24) is 5.32 Å². The topological polar surface area (TPSA) is 69.6 Å². The molecule has 2 rings (SSSR count). The van der Waals surface area contributed by atoms with E-state index >= 15 is 0 Å². The monoisotopic (exact) mass is 233 g/mol. The van der Waals surface area contributed by atoms with Crippen LogP contribution in [0.3, 0.4) is 0 Å². The lowest BCUT2D eigenvalue weighted by Gasteiger charge is -2.19. The second-order valence-corrected chi connectivity index (χ2v) is 4.16. The average Bonchev–Trinajstić information content (AvgIpc) is 2.30. The Morgan fingerprint density at radius 3 is 2.76 bits per heavy atom. The van der Waals surface area contributed by atoms with Gasteiger partial charge < -0.3 is 15.5 Å². The molecule has 3 N–H and O–H groups in total. The normalized spacial score (nSPS) is 18.9. The number of amides is 1. The van der Waals surface area contributed by atoms with Crippen LogP contribution in [0.2, 0.25) is 0 Å². The quantitative estimate of drug-likeness (QED) is 0.684. The predicted octanol–water partition coefficient (Wildman–Crippen LogP) is 1.94. The van der Waals surface area contributed by atoms with Gasteiger partial charge in [0.2, 0.25) is 0 Å². The van der Waals surface area contributed by atoms with Crippen LogP contribution in [-0.4, -0.2) is 22.2 Å². The van der Waals surface area contributed by atoms with Gasteiger partial charge in [0.15, 0.2) is 0 Å². The summed E-state index contributed by atoms with van der Waals surface area (Å²) in [4.78, 5) is 11.9. The standard InChI is InChI=1S/C13H15NO3/c15-10-6-7-11(12(16)8-10)13(17)14-9-4-2-1-3-5-9/h1-2,6-9,15-16H,3-5H2,(H,14,17). The Bertz CT molecular complexity index is 454. The maximum atomic E-state index is 11.9. The van der Waals surface area contributed by atoms with Gasteiger partial charge in [-0.25, -0.2) is 0 Å². The number of benzene rings is 1. The highest BCUT2D eigenvalue weighted by Crippen LogP contribution is 2.23. The molecule has 1 aromatic carbocycles. The summed E-state index contributed by atoms with van der Waals surface area (Å²) >= 11 is 0. The molecule has 4 nitrogen and oxygen atoms in total. The minimum absolute atomic E-state index is 0.0559. The molecule has 0 aliphatic heterocycles. The van der Waals surface area contributed by atoms with Crippen LogP contribution in [0.5, 0.6) is 11.5 Å². The molecule has 0 radical (unpaired) electrons. The Hall–Kier alpha value is -1.97. The van der Waals surface area contributed by atoms with Gasteiger partial charge in [-0.15, -0.1) is 0 Å². The minimum atomic E-state index is -0.303. The van der Waals surface area contributed by atoms with E-state index in [1.54, 1.807) is 0 Å². The van der Waals surface area contributed by atoms with E-state index in [4.69, 9.17) is 5.11 Å². The zero-order valence-electron chi connectivity index (χ0n) is 9.39. The van der Waals surface area contributed by atoms with Gasteiger partial charge in [-0.2, -0.15) is 0 Å². The SMILES string of the molecule is O=C(NC1CC=CCC1)c1ccc(O)cc1O. The van der Waals surface area contributed by atoms with Gasteiger partial charge in [-0.1, -0.05) is 12.2 Å². The van der Waals surface area contributed by atoms with Crippen LogP contribution in [-0.2, 0) is 0 Å². The third kappa shape index (κ3) is 2.78. The van der Waals surface area contributed by atoms with Crippen LogP contribution < -0.4 is 5.32 Å². The fourth-order valence-electron chi connectivity index (χ4n) is 1.90. The lowest BCUT2D eigenvalue weighted by Crippen LogP contribution is -2.35. The summed E-state index contributed by atoms with van der Waals surface area (Å²) < 4.78 is 0. The molecule has 0 aromatic heterocycles. The first-order valence-corrected chi connectivity index (χ1v) is 5.64. The van der Waals surface area contributed by atoms with E-state index in [0.717, 1.165) is 25.3 Å². The van der Waals surface area contributed by atoms with Gasteiger partial charge in [0.05, 0.1) is 5.56 Å². The van der Waals surface area contributed by atoms with Gasteiger partial charge in [-0.05, 0) is 31.4 Å². The van der Waals surface area contributed by atoms with Crippen LogP contribution in [0, 0.1) is 0 Å². The van der Waals surface area contributed by atoms with E-state index < -0.39 is 0 Å². The first-order chi connectivity index (χ1) is 8.16. The lowest BCUT2D eigenvalue weighted by atomic mass is 10.0. The molecule has 1 aliphatic carbocycles. The number of hydrogen-bond acceptors (Lipinski definition) is 3. The van der Waals surface area contributed by atoms with Crippen molar-refractivity contribution >= 4 is 5.91 Å². The van der Waals surface area contributed by atoms with Crippen LogP contribution in [0.15, 0.2) is 30.4 Å².